The van der Waals surface area contributed by atoms with E-state index in [0.717, 1.165) is 11.3 Å². The van der Waals surface area contributed by atoms with Crippen molar-refractivity contribution in [1.29, 1.82) is 0 Å². The lowest BCUT2D eigenvalue weighted by Gasteiger charge is -2.27. The average molecular weight is 519 g/mol. The zero-order valence-electron chi connectivity index (χ0n) is 18.9. The summed E-state index contributed by atoms with van der Waals surface area (Å²) in [6.45, 7) is 0.191. The van der Waals surface area contributed by atoms with Crippen molar-refractivity contribution in [3.63, 3.8) is 0 Å². The van der Waals surface area contributed by atoms with Gasteiger partial charge in [0.25, 0.3) is 5.91 Å². The molecule has 4 aromatic rings. The van der Waals surface area contributed by atoms with Gasteiger partial charge in [-0.15, -0.1) is 0 Å². The summed E-state index contributed by atoms with van der Waals surface area (Å²) in [5.74, 6) is -0.387. The van der Waals surface area contributed by atoms with Gasteiger partial charge in [0.15, 0.2) is 6.10 Å². The number of imide groups is 1. The van der Waals surface area contributed by atoms with E-state index in [9.17, 15) is 9.59 Å². The van der Waals surface area contributed by atoms with Gasteiger partial charge in [0.1, 0.15) is 23.5 Å². The van der Waals surface area contributed by atoms with Gasteiger partial charge in [0.05, 0.1) is 17.3 Å². The van der Waals surface area contributed by atoms with Crippen LogP contribution in [0.1, 0.15) is 17.4 Å². The minimum absolute atomic E-state index is 0.191. The fourth-order valence-electron chi connectivity index (χ4n) is 4.83. The Kier molecular flexibility index (Phi) is 5.80. The molecular formula is C28H20Cl2N2O4. The van der Waals surface area contributed by atoms with Gasteiger partial charge in [-0.05, 0) is 48.0 Å². The van der Waals surface area contributed by atoms with Gasteiger partial charge in [-0.25, -0.2) is 5.06 Å². The van der Waals surface area contributed by atoms with Crippen LogP contribution in [0.15, 0.2) is 95.4 Å². The van der Waals surface area contributed by atoms with Gasteiger partial charge in [-0.2, -0.15) is 0 Å². The maximum atomic E-state index is 13.7. The number of furan rings is 1. The van der Waals surface area contributed by atoms with Crippen LogP contribution in [0.3, 0.4) is 0 Å². The summed E-state index contributed by atoms with van der Waals surface area (Å²) >= 11 is 12.5. The number of carbonyl (C=O) groups is 2. The molecular weight excluding hydrogens is 499 g/mol. The number of anilines is 1. The van der Waals surface area contributed by atoms with Crippen molar-refractivity contribution < 1.29 is 18.8 Å². The average Bonchev–Trinajstić information content (AvgIpc) is 3.57. The van der Waals surface area contributed by atoms with E-state index in [0.29, 0.717) is 27.1 Å². The van der Waals surface area contributed by atoms with Crippen LogP contribution < -0.4 is 5.06 Å². The van der Waals surface area contributed by atoms with E-state index in [4.69, 9.17) is 32.5 Å². The molecule has 2 saturated heterocycles. The zero-order valence-corrected chi connectivity index (χ0v) is 20.4. The number of halogens is 2. The topological polar surface area (TPSA) is 63.0 Å². The summed E-state index contributed by atoms with van der Waals surface area (Å²) in [6.07, 6.45) is -0.945. The summed E-state index contributed by atoms with van der Waals surface area (Å²) in [5, 5.41) is 2.58. The number of hydroxylamine groups is 1. The number of fused-ring (bicyclic) bond motifs is 1. The number of benzene rings is 3. The van der Waals surface area contributed by atoms with Crippen molar-refractivity contribution in [2.75, 3.05) is 5.06 Å². The largest absolute Gasteiger partial charge is 0.459 e. The minimum atomic E-state index is -0.945. The van der Waals surface area contributed by atoms with Crippen molar-refractivity contribution in [1.82, 2.24) is 4.90 Å². The minimum Gasteiger partial charge on any atom is -0.459 e. The van der Waals surface area contributed by atoms with Crippen LogP contribution in [-0.4, -0.2) is 22.8 Å². The standard InChI is InChI=1S/C28H20Cl2N2O4/c29-18-11-12-20(21(30)15-18)22-13-14-23(35-22)25-24-26(36-32(25)19-9-5-2-6-10-19)28(34)31(27(24)33)16-17-7-3-1-4-8-17/h1-15,24-26H,16H2/t24-,25-,26+/m0/s1. The third kappa shape index (κ3) is 3.88. The predicted octanol–water partition coefficient (Wildman–Crippen LogP) is 6.30. The Hall–Kier alpha value is -3.58. The highest BCUT2D eigenvalue weighted by molar-refractivity contribution is 6.36. The summed E-state index contributed by atoms with van der Waals surface area (Å²) in [4.78, 5) is 34.4. The molecule has 2 amide bonds. The highest BCUT2D eigenvalue weighted by Crippen LogP contribution is 2.48. The third-order valence-corrected chi connectivity index (χ3v) is 7.06. The molecule has 3 aromatic carbocycles. The Labute approximate surface area is 217 Å². The SMILES string of the molecule is O=C1[C@@H]2[C@@H](ON(c3ccccc3)[C@H]2c2ccc(-c3ccc(Cl)cc3Cl)o2)C(=O)N1Cc1ccccc1. The second kappa shape index (κ2) is 9.13. The number of hydrogen-bond acceptors (Lipinski definition) is 5. The smallest absolute Gasteiger partial charge is 0.262 e. The number of hydrogen-bond donors (Lipinski definition) is 0. The molecule has 36 heavy (non-hydrogen) atoms. The summed E-state index contributed by atoms with van der Waals surface area (Å²) in [5.41, 5.74) is 2.26. The molecule has 2 aliphatic heterocycles. The molecule has 0 saturated carbocycles. The first-order valence-electron chi connectivity index (χ1n) is 11.5. The molecule has 180 valence electrons. The first kappa shape index (κ1) is 22.9. The Bertz CT molecular complexity index is 1440. The van der Waals surface area contributed by atoms with Crippen LogP contribution >= 0.6 is 23.2 Å². The van der Waals surface area contributed by atoms with Gasteiger partial charge in [-0.3, -0.25) is 19.3 Å². The Morgan fingerprint density at radius 2 is 1.53 bits per heavy atom. The van der Waals surface area contributed by atoms with E-state index in [1.54, 1.807) is 35.4 Å². The van der Waals surface area contributed by atoms with Gasteiger partial charge < -0.3 is 4.42 Å². The predicted molar refractivity (Wildman–Crippen MR) is 136 cm³/mol. The maximum Gasteiger partial charge on any atom is 0.262 e. The lowest BCUT2D eigenvalue weighted by molar-refractivity contribution is -0.143. The van der Waals surface area contributed by atoms with Crippen LogP contribution in [0.5, 0.6) is 0 Å². The van der Waals surface area contributed by atoms with E-state index in [1.807, 2.05) is 60.7 Å². The molecule has 6 rings (SSSR count). The Balaban J connectivity index is 1.38. The van der Waals surface area contributed by atoms with Crippen LogP contribution in [0.25, 0.3) is 11.3 Å². The first-order chi connectivity index (χ1) is 17.5. The molecule has 1 aromatic heterocycles. The van der Waals surface area contributed by atoms with Crippen molar-refractivity contribution in [2.45, 2.75) is 18.7 Å². The van der Waals surface area contributed by atoms with E-state index in [1.165, 1.54) is 4.90 Å². The van der Waals surface area contributed by atoms with Gasteiger partial charge in [0.2, 0.25) is 5.91 Å². The fraction of sp³-hybridized carbons (Fsp3) is 0.143. The number of rotatable bonds is 5. The van der Waals surface area contributed by atoms with Crippen molar-refractivity contribution in [3.05, 3.63) is 112 Å². The van der Waals surface area contributed by atoms with E-state index >= 15 is 0 Å². The molecule has 6 nitrogen and oxygen atoms in total. The molecule has 3 atom stereocenters. The molecule has 2 aliphatic rings. The van der Waals surface area contributed by atoms with Crippen LogP contribution in [-0.2, 0) is 21.0 Å². The first-order valence-corrected chi connectivity index (χ1v) is 12.2. The second-order valence-electron chi connectivity index (χ2n) is 8.73. The molecule has 0 spiro atoms. The Morgan fingerprint density at radius 1 is 0.806 bits per heavy atom. The van der Waals surface area contributed by atoms with Crippen LogP contribution in [0.2, 0.25) is 10.0 Å². The molecule has 0 aliphatic carbocycles. The number of nitrogens with zero attached hydrogens (tertiary/aromatic N) is 2. The van der Waals surface area contributed by atoms with Crippen molar-refractivity contribution in [3.8, 4) is 11.3 Å². The number of amides is 2. The molecule has 0 unspecified atom stereocenters. The maximum absolute atomic E-state index is 13.7. The van der Waals surface area contributed by atoms with E-state index in [-0.39, 0.29) is 18.4 Å². The molecule has 0 radical (unpaired) electrons. The zero-order chi connectivity index (χ0) is 24.8. The molecule has 8 heteroatoms. The number of carbonyl (C=O) groups excluding carboxylic acids is 2. The highest BCUT2D eigenvalue weighted by atomic mass is 35.5. The highest BCUT2D eigenvalue weighted by Gasteiger charge is 2.60. The lowest BCUT2D eigenvalue weighted by Crippen LogP contribution is -2.36. The molecule has 3 heterocycles. The van der Waals surface area contributed by atoms with Crippen molar-refractivity contribution >= 4 is 40.7 Å². The summed E-state index contributed by atoms with van der Waals surface area (Å²) < 4.78 is 6.24. The van der Waals surface area contributed by atoms with Gasteiger partial charge >= 0.3 is 0 Å². The lowest BCUT2D eigenvalue weighted by atomic mass is 9.94. The molecule has 0 bridgehead atoms. The van der Waals surface area contributed by atoms with Crippen LogP contribution in [0, 0.1) is 5.92 Å². The van der Waals surface area contributed by atoms with Gasteiger partial charge in [-0.1, -0.05) is 71.7 Å². The Morgan fingerprint density at radius 3 is 2.25 bits per heavy atom. The van der Waals surface area contributed by atoms with Gasteiger partial charge in [0, 0.05) is 10.6 Å². The van der Waals surface area contributed by atoms with Crippen LogP contribution in [0.4, 0.5) is 5.69 Å². The summed E-state index contributed by atoms with van der Waals surface area (Å²) in [7, 11) is 0. The van der Waals surface area contributed by atoms with Crippen molar-refractivity contribution in [2.24, 2.45) is 5.92 Å². The second-order valence-corrected chi connectivity index (χ2v) is 9.58. The molecule has 0 N–H and O–H groups in total. The number of likely N-dealkylation sites (tertiary alicyclic amines) is 1. The van der Waals surface area contributed by atoms with E-state index < -0.39 is 18.1 Å². The normalized spacial score (nSPS) is 21.3. The fourth-order valence-corrected chi connectivity index (χ4v) is 5.33. The quantitative estimate of drug-likeness (QED) is 0.290. The monoisotopic (exact) mass is 518 g/mol. The number of para-hydroxylation sites is 1. The summed E-state index contributed by atoms with van der Waals surface area (Å²) in [6, 6.07) is 26.9. The molecule has 2 fully saturated rings. The van der Waals surface area contributed by atoms with E-state index in [2.05, 4.69) is 0 Å². The third-order valence-electron chi connectivity index (χ3n) is 6.52.